The molecule has 0 saturated carbocycles. The molecule has 0 saturated heterocycles. The number of alkyl halides is 3. The van der Waals surface area contributed by atoms with Crippen molar-refractivity contribution < 1.29 is 23.2 Å². The van der Waals surface area contributed by atoms with Gasteiger partial charge in [-0.05, 0) is 16.8 Å². The lowest BCUT2D eigenvalue weighted by molar-refractivity contribution is -0.389. The van der Waals surface area contributed by atoms with Gasteiger partial charge in [0.15, 0.2) is 5.60 Å². The van der Waals surface area contributed by atoms with E-state index >= 15 is 0 Å². The molecule has 0 aliphatic carbocycles. The van der Waals surface area contributed by atoms with Crippen LogP contribution >= 0.6 is 0 Å². The monoisotopic (exact) mass is 239 g/mol. The van der Waals surface area contributed by atoms with Gasteiger partial charge in [-0.25, -0.2) is 0 Å². The Morgan fingerprint density at radius 2 is 2.19 bits per heavy atom. The summed E-state index contributed by atoms with van der Waals surface area (Å²) in [6.45, 7) is -0.268. The molecule has 0 fully saturated rings. The molecule has 1 heterocycles. The first-order chi connectivity index (χ1) is 7.13. The van der Waals surface area contributed by atoms with Gasteiger partial charge in [0.1, 0.15) is 6.20 Å². The van der Waals surface area contributed by atoms with E-state index in [1.807, 2.05) is 0 Å². The molecule has 1 rings (SSSR count). The number of aliphatic hydroxyl groups is 1. The second-order valence-corrected chi connectivity index (χ2v) is 3.43. The first kappa shape index (κ1) is 12.4. The van der Waals surface area contributed by atoms with Gasteiger partial charge in [-0.2, -0.15) is 13.2 Å². The van der Waals surface area contributed by atoms with Crippen LogP contribution in [0.3, 0.4) is 0 Å². The van der Waals surface area contributed by atoms with E-state index < -0.39 is 29.1 Å². The number of nitro groups is 1. The van der Waals surface area contributed by atoms with E-state index in [1.54, 1.807) is 0 Å². The molecule has 6 nitrogen and oxygen atoms in total. The molecular weight excluding hydrogens is 231 g/mol. The van der Waals surface area contributed by atoms with Crippen molar-refractivity contribution in [3.63, 3.8) is 0 Å². The molecule has 0 bridgehead atoms. The van der Waals surface area contributed by atoms with E-state index in [0.717, 1.165) is 17.1 Å². The summed E-state index contributed by atoms with van der Waals surface area (Å²) in [7, 11) is 0. The average molecular weight is 239 g/mol. The Morgan fingerprint density at radius 3 is 2.56 bits per heavy atom. The van der Waals surface area contributed by atoms with Gasteiger partial charge in [0.25, 0.3) is 0 Å². The summed E-state index contributed by atoms with van der Waals surface area (Å²) in [5, 5.41) is 19.3. The van der Waals surface area contributed by atoms with Crippen molar-refractivity contribution in [2.75, 3.05) is 0 Å². The third-order valence-corrected chi connectivity index (χ3v) is 1.91. The molecule has 90 valence electrons. The molecule has 0 amide bonds. The second-order valence-electron chi connectivity index (χ2n) is 3.43. The van der Waals surface area contributed by atoms with Gasteiger partial charge in [-0.3, -0.25) is 0 Å². The Labute approximate surface area is 87.5 Å². The lowest BCUT2D eigenvalue weighted by Gasteiger charge is -2.25. The molecule has 0 aliphatic rings. The Balaban J connectivity index is 2.85. The lowest BCUT2D eigenvalue weighted by Crippen LogP contribution is -2.45. The van der Waals surface area contributed by atoms with Crippen LogP contribution in [0.15, 0.2) is 12.5 Å². The van der Waals surface area contributed by atoms with Gasteiger partial charge in [0, 0.05) is 0 Å². The Kier molecular flexibility index (Phi) is 2.91. The highest BCUT2D eigenvalue weighted by Gasteiger charge is 2.50. The zero-order valence-corrected chi connectivity index (χ0v) is 8.10. The van der Waals surface area contributed by atoms with Gasteiger partial charge < -0.3 is 19.8 Å². The first-order valence-corrected chi connectivity index (χ1v) is 4.09. The van der Waals surface area contributed by atoms with E-state index in [0.29, 0.717) is 6.92 Å². The van der Waals surface area contributed by atoms with Crippen LogP contribution in [0.1, 0.15) is 6.92 Å². The molecule has 9 heteroatoms. The van der Waals surface area contributed by atoms with E-state index in [4.69, 9.17) is 5.11 Å². The lowest BCUT2D eigenvalue weighted by atomic mass is 10.1. The van der Waals surface area contributed by atoms with Crippen LogP contribution in [0.25, 0.3) is 0 Å². The number of imidazole rings is 1. The molecule has 1 atom stereocenters. The van der Waals surface area contributed by atoms with Gasteiger partial charge in [0.05, 0.1) is 6.54 Å². The van der Waals surface area contributed by atoms with Gasteiger partial charge >= 0.3 is 12.0 Å². The molecule has 1 aromatic rings. The Bertz CT molecular complexity index is 399. The number of halogens is 3. The van der Waals surface area contributed by atoms with Crippen LogP contribution in [0.2, 0.25) is 0 Å². The molecule has 16 heavy (non-hydrogen) atoms. The summed E-state index contributed by atoms with van der Waals surface area (Å²) in [5.41, 5.74) is -2.96. The maximum atomic E-state index is 12.3. The zero-order chi connectivity index (χ0) is 12.6. The molecule has 0 aromatic carbocycles. The Morgan fingerprint density at radius 1 is 1.62 bits per heavy atom. The maximum absolute atomic E-state index is 12.3. The average Bonchev–Trinajstić information content (AvgIpc) is 2.49. The van der Waals surface area contributed by atoms with Crippen LogP contribution in [0.4, 0.5) is 19.0 Å². The molecule has 0 radical (unpaired) electrons. The second kappa shape index (κ2) is 3.74. The van der Waals surface area contributed by atoms with Crippen molar-refractivity contribution in [2.45, 2.75) is 25.2 Å². The SMILES string of the molecule is CC(O)(Cn1cnc([N+](=O)[O-])c1)C(F)(F)F. The topological polar surface area (TPSA) is 81.2 Å². The molecule has 1 aromatic heterocycles. The fourth-order valence-electron chi connectivity index (χ4n) is 0.974. The predicted octanol–water partition coefficient (Wildman–Crippen LogP) is 1.10. The zero-order valence-electron chi connectivity index (χ0n) is 8.10. The number of aromatic nitrogens is 2. The van der Waals surface area contributed by atoms with Crippen molar-refractivity contribution in [1.29, 1.82) is 0 Å². The summed E-state index contributed by atoms with van der Waals surface area (Å²) in [6.07, 6.45) is -3.13. The van der Waals surface area contributed by atoms with Crippen molar-refractivity contribution in [3.8, 4) is 0 Å². The van der Waals surface area contributed by atoms with E-state index in [9.17, 15) is 23.3 Å². The predicted molar refractivity (Wildman–Crippen MR) is 45.6 cm³/mol. The third-order valence-electron chi connectivity index (χ3n) is 1.91. The van der Waals surface area contributed by atoms with E-state index in [1.165, 1.54) is 0 Å². The van der Waals surface area contributed by atoms with Crippen LogP contribution in [-0.4, -0.2) is 31.4 Å². The third kappa shape index (κ3) is 2.48. The minimum Gasteiger partial charge on any atom is -0.379 e. The normalized spacial score (nSPS) is 15.8. The summed E-state index contributed by atoms with van der Waals surface area (Å²) < 4.78 is 37.6. The number of rotatable bonds is 3. The van der Waals surface area contributed by atoms with Crippen molar-refractivity contribution in [3.05, 3.63) is 22.6 Å². The Hall–Kier alpha value is -1.64. The molecule has 0 spiro atoms. The first-order valence-electron chi connectivity index (χ1n) is 4.09. The summed E-state index contributed by atoms with van der Waals surface area (Å²) in [4.78, 5) is 12.7. The summed E-state index contributed by atoms with van der Waals surface area (Å²) in [6, 6.07) is 0. The molecule has 1 N–H and O–H groups in total. The van der Waals surface area contributed by atoms with Crippen LogP contribution in [0.5, 0.6) is 0 Å². The van der Waals surface area contributed by atoms with Gasteiger partial charge in [-0.1, -0.05) is 0 Å². The van der Waals surface area contributed by atoms with Crippen molar-refractivity contribution in [1.82, 2.24) is 9.55 Å². The van der Waals surface area contributed by atoms with Gasteiger partial charge in [0.2, 0.25) is 6.33 Å². The highest BCUT2D eigenvalue weighted by Crippen LogP contribution is 2.31. The van der Waals surface area contributed by atoms with Crippen LogP contribution in [-0.2, 0) is 6.54 Å². The van der Waals surface area contributed by atoms with Gasteiger partial charge in [-0.15, -0.1) is 0 Å². The minimum absolute atomic E-state index is 0.571. The minimum atomic E-state index is -4.81. The number of hydrogen-bond donors (Lipinski definition) is 1. The maximum Gasteiger partial charge on any atom is 0.418 e. The highest BCUT2D eigenvalue weighted by atomic mass is 19.4. The van der Waals surface area contributed by atoms with Crippen molar-refractivity contribution >= 4 is 5.82 Å². The highest BCUT2D eigenvalue weighted by molar-refractivity contribution is 5.12. The fourth-order valence-corrected chi connectivity index (χ4v) is 0.974. The van der Waals surface area contributed by atoms with Crippen LogP contribution < -0.4 is 0 Å². The van der Waals surface area contributed by atoms with Crippen LogP contribution in [0, 0.1) is 10.1 Å². The summed E-state index contributed by atoms with van der Waals surface area (Å²) >= 11 is 0. The summed E-state index contributed by atoms with van der Waals surface area (Å²) in [5.74, 6) is -0.571. The molecular formula is C7H8F3N3O3. The van der Waals surface area contributed by atoms with E-state index in [2.05, 4.69) is 4.98 Å². The largest absolute Gasteiger partial charge is 0.418 e. The number of hydrogen-bond acceptors (Lipinski definition) is 4. The molecule has 0 aliphatic heterocycles. The quantitative estimate of drug-likeness (QED) is 0.632. The standard InChI is InChI=1S/C7H8F3N3O3/c1-6(14,7(8,9)10)3-12-2-5(11-4-12)13(15)16/h2,4,14H,3H2,1H3. The van der Waals surface area contributed by atoms with Crippen molar-refractivity contribution in [2.24, 2.45) is 0 Å². The molecule has 1 unspecified atom stereocenters. The smallest absolute Gasteiger partial charge is 0.379 e. The number of nitrogens with zero attached hydrogens (tertiary/aromatic N) is 3. The fraction of sp³-hybridized carbons (Fsp3) is 0.571. The van der Waals surface area contributed by atoms with E-state index in [-0.39, 0.29) is 0 Å².